The molecule has 1 atom stereocenters. The van der Waals surface area contributed by atoms with E-state index in [0.29, 0.717) is 24.7 Å². The maximum absolute atomic E-state index is 13.0. The normalized spacial score (nSPS) is 20.9. The third kappa shape index (κ3) is 2.74. The van der Waals surface area contributed by atoms with Crippen molar-refractivity contribution in [3.63, 3.8) is 0 Å². The molecular weight excluding hydrogens is 330 g/mol. The number of nitrogens with zero attached hydrogens (tertiary/aromatic N) is 4. The van der Waals surface area contributed by atoms with Crippen LogP contribution in [0.5, 0.6) is 0 Å². The third-order valence-corrected chi connectivity index (χ3v) is 5.78. The van der Waals surface area contributed by atoms with Crippen molar-refractivity contribution >= 4 is 11.6 Å². The van der Waals surface area contributed by atoms with Crippen molar-refractivity contribution < 1.29 is 4.79 Å². The van der Waals surface area contributed by atoms with Crippen molar-refractivity contribution in [3.05, 3.63) is 33.4 Å². The number of carbonyl (C=O) groups is 1. The van der Waals surface area contributed by atoms with Gasteiger partial charge in [0.1, 0.15) is 0 Å². The Hall–Kier alpha value is -2.15. The number of amides is 1. The van der Waals surface area contributed by atoms with E-state index in [4.69, 9.17) is 4.98 Å². The van der Waals surface area contributed by atoms with Gasteiger partial charge in [0.25, 0.3) is 5.56 Å². The fraction of sp³-hybridized carbons (Fsp3) is 0.632. The van der Waals surface area contributed by atoms with Gasteiger partial charge in [-0.2, -0.15) is 0 Å². The molecule has 7 nitrogen and oxygen atoms in total. The van der Waals surface area contributed by atoms with Crippen LogP contribution in [-0.4, -0.2) is 49.4 Å². The second-order valence-corrected chi connectivity index (χ2v) is 7.66. The number of H-pyrrole nitrogens is 1. The largest absolute Gasteiger partial charge is 0.334 e. The molecule has 0 bridgehead atoms. The summed E-state index contributed by atoms with van der Waals surface area (Å²) in [5, 5.41) is 3.24. The van der Waals surface area contributed by atoms with Crippen LogP contribution < -0.4 is 5.56 Å². The Bertz CT molecular complexity index is 897. The highest BCUT2D eigenvalue weighted by Gasteiger charge is 2.31. The lowest BCUT2D eigenvalue weighted by atomic mass is 10.1. The average Bonchev–Trinajstić information content (AvgIpc) is 3.27. The Labute approximate surface area is 153 Å². The number of hydrogen-bond donors (Lipinski definition) is 1. The van der Waals surface area contributed by atoms with Crippen molar-refractivity contribution in [3.8, 4) is 0 Å². The SMILES string of the molecule is CCC(=O)N1CCCC1c1cc2nc3c(c(=O)n2[nH]1)CN(C(C)C)CC3. The summed E-state index contributed by atoms with van der Waals surface area (Å²) >= 11 is 0. The Kier molecular flexibility index (Phi) is 4.34. The molecule has 0 aliphatic carbocycles. The molecule has 2 aliphatic rings. The first kappa shape index (κ1) is 17.3. The number of fused-ring (bicyclic) bond motifs is 2. The first-order valence-corrected chi connectivity index (χ1v) is 9.66. The summed E-state index contributed by atoms with van der Waals surface area (Å²) in [5.74, 6) is 0.165. The van der Waals surface area contributed by atoms with Crippen LogP contribution >= 0.6 is 0 Å². The van der Waals surface area contributed by atoms with Gasteiger partial charge in [0.2, 0.25) is 5.91 Å². The monoisotopic (exact) mass is 357 g/mol. The molecule has 1 fully saturated rings. The summed E-state index contributed by atoms with van der Waals surface area (Å²) < 4.78 is 1.56. The lowest BCUT2D eigenvalue weighted by molar-refractivity contribution is -0.131. The number of aromatic amines is 1. The molecule has 0 radical (unpaired) electrons. The fourth-order valence-corrected chi connectivity index (χ4v) is 4.22. The van der Waals surface area contributed by atoms with Crippen LogP contribution in [-0.2, 0) is 17.8 Å². The van der Waals surface area contributed by atoms with Crippen molar-refractivity contribution in [2.75, 3.05) is 13.1 Å². The molecule has 1 amide bonds. The zero-order valence-corrected chi connectivity index (χ0v) is 15.8. The molecule has 26 heavy (non-hydrogen) atoms. The van der Waals surface area contributed by atoms with Gasteiger partial charge in [-0.3, -0.25) is 19.6 Å². The molecule has 4 rings (SSSR count). The lowest BCUT2D eigenvalue weighted by Gasteiger charge is -2.30. The van der Waals surface area contributed by atoms with Crippen LogP contribution in [0.1, 0.15) is 63.0 Å². The second kappa shape index (κ2) is 6.54. The van der Waals surface area contributed by atoms with Gasteiger partial charge < -0.3 is 4.90 Å². The molecule has 0 saturated carbocycles. The molecular formula is C19H27N5O2. The molecule has 0 spiro atoms. The van der Waals surface area contributed by atoms with Crippen LogP contribution in [0.2, 0.25) is 0 Å². The van der Waals surface area contributed by atoms with E-state index in [1.165, 1.54) is 0 Å². The zero-order valence-electron chi connectivity index (χ0n) is 15.8. The van der Waals surface area contributed by atoms with Gasteiger partial charge in [0.15, 0.2) is 5.65 Å². The van der Waals surface area contributed by atoms with E-state index in [9.17, 15) is 9.59 Å². The first-order chi connectivity index (χ1) is 12.5. The molecule has 4 heterocycles. The van der Waals surface area contributed by atoms with Crippen LogP contribution in [0.25, 0.3) is 5.65 Å². The van der Waals surface area contributed by atoms with Crippen molar-refractivity contribution in [2.45, 2.75) is 65.1 Å². The van der Waals surface area contributed by atoms with Crippen LogP contribution in [0.4, 0.5) is 0 Å². The van der Waals surface area contributed by atoms with Gasteiger partial charge in [-0.25, -0.2) is 9.50 Å². The predicted molar refractivity (Wildman–Crippen MR) is 99.0 cm³/mol. The topological polar surface area (TPSA) is 73.7 Å². The molecule has 2 aromatic heterocycles. The summed E-state index contributed by atoms with van der Waals surface area (Å²) in [5.41, 5.74) is 3.29. The fourth-order valence-electron chi connectivity index (χ4n) is 4.22. The van der Waals surface area contributed by atoms with Crippen LogP contribution in [0.15, 0.2) is 10.9 Å². The van der Waals surface area contributed by atoms with E-state index in [-0.39, 0.29) is 17.5 Å². The highest BCUT2D eigenvalue weighted by atomic mass is 16.2. The van der Waals surface area contributed by atoms with Gasteiger partial charge in [0.05, 0.1) is 23.0 Å². The van der Waals surface area contributed by atoms with Gasteiger partial charge >= 0.3 is 0 Å². The average molecular weight is 357 g/mol. The Morgan fingerprint density at radius 3 is 2.92 bits per heavy atom. The summed E-state index contributed by atoms with van der Waals surface area (Å²) in [6.07, 6.45) is 3.24. The number of carbonyl (C=O) groups excluding carboxylic acids is 1. The number of hydrogen-bond acceptors (Lipinski definition) is 4. The summed E-state index contributed by atoms with van der Waals surface area (Å²) in [4.78, 5) is 34.2. The van der Waals surface area contributed by atoms with Gasteiger partial charge in [-0.15, -0.1) is 0 Å². The highest BCUT2D eigenvalue weighted by molar-refractivity contribution is 5.76. The smallest absolute Gasteiger partial charge is 0.277 e. The highest BCUT2D eigenvalue weighted by Crippen LogP contribution is 2.32. The lowest BCUT2D eigenvalue weighted by Crippen LogP contribution is -2.40. The molecule has 1 unspecified atom stereocenters. The summed E-state index contributed by atoms with van der Waals surface area (Å²) in [6.45, 7) is 8.58. The molecule has 7 heteroatoms. The molecule has 0 aromatic carbocycles. The van der Waals surface area contributed by atoms with Crippen molar-refractivity contribution in [1.29, 1.82) is 0 Å². The number of rotatable bonds is 3. The predicted octanol–water partition coefficient (Wildman–Crippen LogP) is 1.86. The Balaban J connectivity index is 1.74. The minimum atomic E-state index is -0.00651. The Morgan fingerprint density at radius 1 is 1.38 bits per heavy atom. The molecule has 1 N–H and O–H groups in total. The molecule has 1 saturated heterocycles. The van der Waals surface area contributed by atoms with Gasteiger partial charge in [-0.1, -0.05) is 6.92 Å². The minimum Gasteiger partial charge on any atom is -0.334 e. The van der Waals surface area contributed by atoms with E-state index in [0.717, 1.165) is 49.3 Å². The first-order valence-electron chi connectivity index (χ1n) is 9.66. The standard InChI is InChI=1S/C19H27N5O2/c1-4-18(25)23-8-5-6-16(23)15-10-17-20-14-7-9-22(12(2)3)11-13(14)19(26)24(17)21-15/h10,12,16,21H,4-9,11H2,1-3H3. The summed E-state index contributed by atoms with van der Waals surface area (Å²) in [7, 11) is 0. The van der Waals surface area contributed by atoms with E-state index in [1.54, 1.807) is 4.52 Å². The Morgan fingerprint density at radius 2 is 2.19 bits per heavy atom. The van der Waals surface area contributed by atoms with Crippen LogP contribution in [0, 0.1) is 0 Å². The van der Waals surface area contributed by atoms with Gasteiger partial charge in [-0.05, 0) is 26.7 Å². The van der Waals surface area contributed by atoms with E-state index in [1.807, 2.05) is 17.9 Å². The number of likely N-dealkylation sites (tertiary alicyclic amines) is 1. The quantitative estimate of drug-likeness (QED) is 0.910. The third-order valence-electron chi connectivity index (χ3n) is 5.78. The van der Waals surface area contributed by atoms with Crippen LogP contribution in [0.3, 0.4) is 0 Å². The molecule has 140 valence electrons. The maximum Gasteiger partial charge on any atom is 0.277 e. The van der Waals surface area contributed by atoms with E-state index >= 15 is 0 Å². The van der Waals surface area contributed by atoms with E-state index < -0.39 is 0 Å². The second-order valence-electron chi connectivity index (χ2n) is 7.66. The maximum atomic E-state index is 13.0. The zero-order chi connectivity index (χ0) is 18.4. The molecule has 2 aliphatic heterocycles. The van der Waals surface area contributed by atoms with Crippen molar-refractivity contribution in [1.82, 2.24) is 24.4 Å². The molecule has 2 aromatic rings. The van der Waals surface area contributed by atoms with E-state index in [2.05, 4.69) is 23.8 Å². The summed E-state index contributed by atoms with van der Waals surface area (Å²) in [6, 6.07) is 2.38. The van der Waals surface area contributed by atoms with Gasteiger partial charge in [0, 0.05) is 44.6 Å². The minimum absolute atomic E-state index is 0.00651. The number of nitrogens with one attached hydrogen (secondary N) is 1. The van der Waals surface area contributed by atoms with Crippen molar-refractivity contribution in [2.24, 2.45) is 0 Å². The number of aromatic nitrogens is 3.